The predicted octanol–water partition coefficient (Wildman–Crippen LogP) is 2.11. The summed E-state index contributed by atoms with van der Waals surface area (Å²) in [7, 11) is 0. The molecule has 1 atom stereocenters. The fraction of sp³-hybridized carbons (Fsp3) is 0.267. The molecule has 0 fully saturated rings. The molecule has 6 nitrogen and oxygen atoms in total. The van der Waals surface area contributed by atoms with Gasteiger partial charge >= 0.3 is 0 Å². The van der Waals surface area contributed by atoms with Crippen molar-refractivity contribution in [1.29, 1.82) is 0 Å². The van der Waals surface area contributed by atoms with E-state index in [0.29, 0.717) is 22.9 Å². The Labute approximate surface area is 131 Å². The first-order chi connectivity index (χ1) is 10.6. The Kier molecular flexibility index (Phi) is 3.81. The summed E-state index contributed by atoms with van der Waals surface area (Å²) >= 11 is 1.35. The van der Waals surface area contributed by atoms with Crippen LogP contribution in [0.15, 0.2) is 29.6 Å². The molecule has 2 aromatic rings. The monoisotopic (exact) mass is 317 g/mol. The van der Waals surface area contributed by atoms with Crippen LogP contribution >= 0.6 is 11.3 Å². The summed E-state index contributed by atoms with van der Waals surface area (Å²) in [6.07, 6.45) is -0.0825. The summed E-state index contributed by atoms with van der Waals surface area (Å²) in [6.45, 7) is 1.79. The highest BCUT2D eigenvalue weighted by atomic mass is 32.1. The summed E-state index contributed by atoms with van der Waals surface area (Å²) in [5, 5.41) is 1.83. The first-order valence-electron chi connectivity index (χ1n) is 6.91. The third-order valence-electron chi connectivity index (χ3n) is 3.40. The van der Waals surface area contributed by atoms with E-state index in [1.165, 1.54) is 16.2 Å². The maximum atomic E-state index is 12.5. The van der Waals surface area contributed by atoms with Crippen molar-refractivity contribution in [3.63, 3.8) is 0 Å². The van der Waals surface area contributed by atoms with E-state index in [9.17, 15) is 9.59 Å². The lowest BCUT2D eigenvalue weighted by Crippen LogP contribution is -2.48. The van der Waals surface area contributed by atoms with Crippen LogP contribution in [0.1, 0.15) is 23.0 Å². The third kappa shape index (κ3) is 2.55. The lowest BCUT2D eigenvalue weighted by molar-refractivity contribution is -0.126. The Hall–Kier alpha value is -2.41. The zero-order valence-corrected chi connectivity index (χ0v) is 12.8. The van der Waals surface area contributed by atoms with E-state index < -0.39 is 6.10 Å². The van der Waals surface area contributed by atoms with Crippen molar-refractivity contribution in [3.05, 3.63) is 34.5 Å². The molecule has 0 saturated carbocycles. The SMILES string of the molecule is CCC1Oc2ccc(N)nc2N(CC(=O)c2cccs2)C1=O. The van der Waals surface area contributed by atoms with Crippen molar-refractivity contribution in [3.8, 4) is 5.75 Å². The number of hydrogen-bond donors (Lipinski definition) is 1. The standard InChI is InChI=1S/C15H15N3O3S/c1-2-10-15(20)18(8-9(19)12-4-3-7-22-12)14-11(21-10)5-6-13(16)17-14/h3-7,10H,2,8H2,1H3,(H2,16,17). The number of ketones is 1. The number of thiophene rings is 1. The summed E-state index contributed by atoms with van der Waals surface area (Å²) in [4.78, 5) is 31.0. The predicted molar refractivity (Wildman–Crippen MR) is 84.4 cm³/mol. The number of nitrogens with zero attached hydrogens (tertiary/aromatic N) is 2. The number of pyridine rings is 1. The van der Waals surface area contributed by atoms with E-state index in [1.54, 1.807) is 24.3 Å². The lowest BCUT2D eigenvalue weighted by Gasteiger charge is -2.32. The van der Waals surface area contributed by atoms with Gasteiger partial charge in [0.05, 0.1) is 11.4 Å². The van der Waals surface area contributed by atoms with E-state index in [-0.39, 0.29) is 24.1 Å². The van der Waals surface area contributed by atoms with Gasteiger partial charge in [0.15, 0.2) is 23.5 Å². The van der Waals surface area contributed by atoms with Gasteiger partial charge in [-0.05, 0) is 30.0 Å². The highest BCUT2D eigenvalue weighted by molar-refractivity contribution is 7.12. The average Bonchev–Trinajstić information content (AvgIpc) is 3.04. The van der Waals surface area contributed by atoms with E-state index in [0.717, 1.165) is 0 Å². The second-order valence-corrected chi connectivity index (χ2v) is 5.85. The minimum atomic E-state index is -0.603. The van der Waals surface area contributed by atoms with Gasteiger partial charge in [0.25, 0.3) is 5.91 Å². The van der Waals surface area contributed by atoms with Crippen molar-refractivity contribution < 1.29 is 14.3 Å². The van der Waals surface area contributed by atoms with Crippen LogP contribution in [-0.2, 0) is 4.79 Å². The maximum absolute atomic E-state index is 12.5. The molecule has 3 rings (SSSR count). The Bertz CT molecular complexity index is 715. The second-order valence-electron chi connectivity index (χ2n) is 4.90. The van der Waals surface area contributed by atoms with Crippen molar-refractivity contribution in [1.82, 2.24) is 4.98 Å². The number of rotatable bonds is 4. The second kappa shape index (κ2) is 5.76. The molecule has 22 heavy (non-hydrogen) atoms. The molecule has 0 bridgehead atoms. The maximum Gasteiger partial charge on any atom is 0.269 e. The molecule has 2 N–H and O–H groups in total. The number of ether oxygens (including phenoxy) is 1. The lowest BCUT2D eigenvalue weighted by atomic mass is 10.1. The van der Waals surface area contributed by atoms with Gasteiger partial charge in [-0.3, -0.25) is 14.5 Å². The van der Waals surface area contributed by atoms with Gasteiger partial charge in [-0.2, -0.15) is 0 Å². The van der Waals surface area contributed by atoms with E-state index in [2.05, 4.69) is 4.98 Å². The highest BCUT2D eigenvalue weighted by Crippen LogP contribution is 2.33. The summed E-state index contributed by atoms with van der Waals surface area (Å²) in [6, 6.07) is 6.83. The van der Waals surface area contributed by atoms with Crippen LogP contribution in [0.4, 0.5) is 11.6 Å². The molecule has 2 aromatic heterocycles. The number of aromatic nitrogens is 1. The van der Waals surface area contributed by atoms with Gasteiger partial charge in [0, 0.05) is 0 Å². The van der Waals surface area contributed by atoms with Crippen molar-refractivity contribution >= 4 is 34.7 Å². The topological polar surface area (TPSA) is 85.5 Å². The first-order valence-corrected chi connectivity index (χ1v) is 7.79. The summed E-state index contributed by atoms with van der Waals surface area (Å²) < 4.78 is 5.63. The average molecular weight is 317 g/mol. The van der Waals surface area contributed by atoms with Crippen molar-refractivity contribution in [2.45, 2.75) is 19.4 Å². The quantitative estimate of drug-likeness (QED) is 0.873. The number of Topliss-reactive ketones (excluding diaryl/α,β-unsaturated/α-hetero) is 1. The van der Waals surface area contributed by atoms with Gasteiger partial charge in [0.2, 0.25) is 0 Å². The number of nitrogens with two attached hydrogens (primary N) is 1. The molecule has 3 heterocycles. The van der Waals surface area contributed by atoms with Crippen LogP contribution in [-0.4, -0.2) is 29.3 Å². The Morgan fingerprint density at radius 2 is 2.27 bits per heavy atom. The van der Waals surface area contributed by atoms with Crippen LogP contribution in [0.3, 0.4) is 0 Å². The molecule has 0 aliphatic carbocycles. The molecule has 0 radical (unpaired) electrons. The molecule has 7 heteroatoms. The van der Waals surface area contributed by atoms with Gasteiger partial charge in [-0.25, -0.2) is 4.98 Å². The zero-order chi connectivity index (χ0) is 15.7. The summed E-state index contributed by atoms with van der Waals surface area (Å²) in [5.41, 5.74) is 5.69. The van der Waals surface area contributed by atoms with Gasteiger partial charge in [0.1, 0.15) is 5.82 Å². The van der Waals surface area contributed by atoms with E-state index in [1.807, 2.05) is 12.3 Å². The van der Waals surface area contributed by atoms with Crippen LogP contribution < -0.4 is 15.4 Å². The Balaban J connectivity index is 1.95. The number of fused-ring (bicyclic) bond motifs is 1. The number of hydrogen-bond acceptors (Lipinski definition) is 6. The summed E-state index contributed by atoms with van der Waals surface area (Å²) in [5.74, 6) is 0.659. The molecular formula is C15H15N3O3S. The fourth-order valence-corrected chi connectivity index (χ4v) is 2.94. The van der Waals surface area contributed by atoms with Crippen molar-refractivity contribution in [2.75, 3.05) is 17.2 Å². The van der Waals surface area contributed by atoms with Gasteiger partial charge < -0.3 is 10.5 Å². The van der Waals surface area contributed by atoms with Crippen LogP contribution in [0, 0.1) is 0 Å². The van der Waals surface area contributed by atoms with E-state index >= 15 is 0 Å². The Morgan fingerprint density at radius 1 is 1.45 bits per heavy atom. The molecule has 0 saturated heterocycles. The smallest absolute Gasteiger partial charge is 0.269 e. The number of anilines is 2. The van der Waals surface area contributed by atoms with Crippen LogP contribution in [0.25, 0.3) is 0 Å². The molecular weight excluding hydrogens is 302 g/mol. The van der Waals surface area contributed by atoms with Crippen molar-refractivity contribution in [2.24, 2.45) is 0 Å². The normalized spacial score (nSPS) is 17.0. The van der Waals surface area contributed by atoms with E-state index in [4.69, 9.17) is 10.5 Å². The molecule has 1 unspecified atom stereocenters. The molecule has 0 spiro atoms. The number of carbonyl (C=O) groups excluding carboxylic acids is 2. The van der Waals surface area contributed by atoms with Gasteiger partial charge in [-0.1, -0.05) is 13.0 Å². The molecule has 1 aliphatic heterocycles. The number of amides is 1. The minimum absolute atomic E-state index is 0.0668. The number of nitrogen functional groups attached to an aromatic ring is 1. The Morgan fingerprint density at radius 3 is 2.95 bits per heavy atom. The van der Waals surface area contributed by atoms with Crippen LogP contribution in [0.2, 0.25) is 0 Å². The minimum Gasteiger partial charge on any atom is -0.477 e. The highest BCUT2D eigenvalue weighted by Gasteiger charge is 2.35. The fourth-order valence-electron chi connectivity index (χ4n) is 2.29. The first kappa shape index (κ1) is 14.5. The molecule has 114 valence electrons. The molecule has 0 aromatic carbocycles. The van der Waals surface area contributed by atoms with Gasteiger partial charge in [-0.15, -0.1) is 11.3 Å². The molecule has 1 amide bonds. The third-order valence-corrected chi connectivity index (χ3v) is 4.31. The number of carbonyl (C=O) groups is 2. The van der Waals surface area contributed by atoms with Crippen LogP contribution in [0.5, 0.6) is 5.75 Å². The zero-order valence-electron chi connectivity index (χ0n) is 12.0. The molecule has 1 aliphatic rings. The largest absolute Gasteiger partial charge is 0.477 e.